The van der Waals surface area contributed by atoms with Gasteiger partial charge in [0, 0.05) is 12.0 Å². The molecule has 1 unspecified atom stereocenters. The molecule has 0 spiro atoms. The smallest absolute Gasteiger partial charge is 0.303 e. The Bertz CT molecular complexity index is 1140. The van der Waals surface area contributed by atoms with Gasteiger partial charge in [0.05, 0.1) is 6.04 Å². The average molecular weight is 502 g/mol. The van der Waals surface area contributed by atoms with Gasteiger partial charge in [-0.1, -0.05) is 81.8 Å². The predicted molar refractivity (Wildman–Crippen MR) is 148 cm³/mol. The molecule has 1 amide bonds. The van der Waals surface area contributed by atoms with Crippen molar-refractivity contribution in [1.82, 2.24) is 5.32 Å². The van der Waals surface area contributed by atoms with Crippen LogP contribution in [0.2, 0.25) is 0 Å². The molecule has 5 nitrogen and oxygen atoms in total. The molecular formula is C32H39NO4. The number of rotatable bonds is 14. The van der Waals surface area contributed by atoms with Gasteiger partial charge in [-0.3, -0.25) is 9.59 Å². The molecule has 196 valence electrons. The van der Waals surface area contributed by atoms with Crippen molar-refractivity contribution in [2.45, 2.75) is 71.9 Å². The van der Waals surface area contributed by atoms with Crippen LogP contribution in [-0.2, 0) is 24.2 Å². The number of hydrogen-bond donors (Lipinski definition) is 2. The van der Waals surface area contributed by atoms with E-state index in [-0.39, 0.29) is 18.4 Å². The summed E-state index contributed by atoms with van der Waals surface area (Å²) in [6, 6.07) is 23.5. The van der Waals surface area contributed by atoms with Gasteiger partial charge < -0.3 is 15.2 Å². The number of ether oxygens (including phenoxy) is 1. The number of unbranched alkanes of at least 4 members (excludes halogenated alkanes) is 1. The number of carboxylic acid groups (broad SMARTS) is 1. The molecular weight excluding hydrogens is 462 g/mol. The van der Waals surface area contributed by atoms with Crippen LogP contribution in [0.3, 0.4) is 0 Å². The minimum absolute atomic E-state index is 0.0329. The van der Waals surface area contributed by atoms with Gasteiger partial charge in [-0.05, 0) is 72.1 Å². The van der Waals surface area contributed by atoms with E-state index in [0.717, 1.165) is 48.1 Å². The van der Waals surface area contributed by atoms with Crippen LogP contribution in [-0.4, -0.2) is 17.0 Å². The number of amides is 1. The Morgan fingerprint density at radius 3 is 2.27 bits per heavy atom. The third-order valence-corrected chi connectivity index (χ3v) is 6.39. The van der Waals surface area contributed by atoms with Crippen molar-refractivity contribution >= 4 is 11.9 Å². The minimum atomic E-state index is -0.885. The molecule has 0 saturated heterocycles. The second kappa shape index (κ2) is 14.2. The van der Waals surface area contributed by atoms with Gasteiger partial charge in [0.1, 0.15) is 12.4 Å². The van der Waals surface area contributed by atoms with Gasteiger partial charge in [0.15, 0.2) is 0 Å². The fourth-order valence-electron chi connectivity index (χ4n) is 4.35. The standard InChI is InChI=1S/C32H39NO4/c1-4-5-9-24-12-16-27(17-13-24)30(20-23(2)3)33-32(36)29-21-25(14-15-26(29)18-19-31(34)35)22-37-28-10-7-6-8-11-28/h6-8,10-17,21,23,30H,4-5,9,18-20,22H2,1-3H3,(H,33,36)(H,34,35). The molecule has 3 aromatic carbocycles. The molecule has 0 aliphatic carbocycles. The van der Waals surface area contributed by atoms with Gasteiger partial charge in [-0.25, -0.2) is 0 Å². The first-order valence-corrected chi connectivity index (χ1v) is 13.3. The van der Waals surface area contributed by atoms with Crippen molar-refractivity contribution in [3.63, 3.8) is 0 Å². The maximum absolute atomic E-state index is 13.6. The summed E-state index contributed by atoms with van der Waals surface area (Å²) < 4.78 is 5.88. The number of aryl methyl sites for hydroxylation is 2. The van der Waals surface area contributed by atoms with E-state index in [4.69, 9.17) is 4.74 Å². The van der Waals surface area contributed by atoms with E-state index in [1.54, 1.807) is 0 Å². The summed E-state index contributed by atoms with van der Waals surface area (Å²) in [6.07, 6.45) is 4.44. The molecule has 2 N–H and O–H groups in total. The summed E-state index contributed by atoms with van der Waals surface area (Å²) in [4.78, 5) is 24.8. The van der Waals surface area contributed by atoms with Crippen LogP contribution >= 0.6 is 0 Å². The zero-order valence-corrected chi connectivity index (χ0v) is 22.2. The van der Waals surface area contributed by atoms with E-state index >= 15 is 0 Å². The van der Waals surface area contributed by atoms with Crippen molar-refractivity contribution in [3.05, 3.63) is 101 Å². The van der Waals surface area contributed by atoms with Crippen molar-refractivity contribution in [1.29, 1.82) is 0 Å². The Morgan fingerprint density at radius 1 is 0.919 bits per heavy atom. The number of hydrogen-bond acceptors (Lipinski definition) is 3. The largest absolute Gasteiger partial charge is 0.489 e. The third kappa shape index (κ3) is 9.09. The van der Waals surface area contributed by atoms with Gasteiger partial charge in [0.25, 0.3) is 5.91 Å². The lowest BCUT2D eigenvalue weighted by Gasteiger charge is -2.23. The molecule has 0 aliphatic rings. The van der Waals surface area contributed by atoms with E-state index in [1.165, 1.54) is 5.56 Å². The molecule has 0 aliphatic heterocycles. The van der Waals surface area contributed by atoms with Gasteiger partial charge in [-0.2, -0.15) is 0 Å². The average Bonchev–Trinajstić information content (AvgIpc) is 2.90. The van der Waals surface area contributed by atoms with E-state index < -0.39 is 5.97 Å². The lowest BCUT2D eigenvalue weighted by Crippen LogP contribution is -2.30. The zero-order chi connectivity index (χ0) is 26.6. The fraction of sp³-hybridized carbons (Fsp3) is 0.375. The summed E-state index contributed by atoms with van der Waals surface area (Å²) in [6.45, 7) is 6.80. The first kappa shape index (κ1) is 28.0. The number of aliphatic carboxylic acids is 1. The SMILES string of the molecule is CCCCc1ccc(C(CC(C)C)NC(=O)c2cc(COc3ccccc3)ccc2CCC(=O)O)cc1. The quantitative estimate of drug-likeness (QED) is 0.246. The number of carbonyl (C=O) groups excluding carboxylic acids is 1. The maximum Gasteiger partial charge on any atom is 0.303 e. The van der Waals surface area contributed by atoms with Crippen molar-refractivity contribution in [2.24, 2.45) is 5.92 Å². The van der Waals surface area contributed by atoms with Crippen molar-refractivity contribution in [2.75, 3.05) is 0 Å². The van der Waals surface area contributed by atoms with Crippen molar-refractivity contribution < 1.29 is 19.4 Å². The second-order valence-corrected chi connectivity index (χ2v) is 9.99. The molecule has 5 heteroatoms. The first-order chi connectivity index (χ1) is 17.9. The summed E-state index contributed by atoms with van der Waals surface area (Å²) in [5.74, 6) is 0.0661. The highest BCUT2D eigenvalue weighted by atomic mass is 16.5. The Hall–Kier alpha value is -3.60. The molecule has 3 rings (SSSR count). The highest BCUT2D eigenvalue weighted by Crippen LogP contribution is 2.24. The molecule has 0 radical (unpaired) electrons. The Labute approximate surface area is 220 Å². The van der Waals surface area contributed by atoms with E-state index in [2.05, 4.69) is 50.4 Å². The third-order valence-electron chi connectivity index (χ3n) is 6.39. The Kier molecular flexibility index (Phi) is 10.8. The number of benzene rings is 3. The number of carbonyl (C=O) groups is 2. The highest BCUT2D eigenvalue weighted by molar-refractivity contribution is 5.96. The molecule has 0 fully saturated rings. The maximum atomic E-state index is 13.6. The highest BCUT2D eigenvalue weighted by Gasteiger charge is 2.20. The second-order valence-electron chi connectivity index (χ2n) is 9.99. The monoisotopic (exact) mass is 501 g/mol. The van der Waals surface area contributed by atoms with Crippen LogP contribution in [0.1, 0.15) is 85.1 Å². The Morgan fingerprint density at radius 2 is 1.62 bits per heavy atom. The van der Waals surface area contributed by atoms with Crippen molar-refractivity contribution in [3.8, 4) is 5.75 Å². The summed E-state index contributed by atoms with van der Waals surface area (Å²) in [7, 11) is 0. The fourth-order valence-corrected chi connectivity index (χ4v) is 4.35. The van der Waals surface area contributed by atoms with Crippen LogP contribution in [0.25, 0.3) is 0 Å². The Balaban J connectivity index is 1.82. The molecule has 0 aromatic heterocycles. The minimum Gasteiger partial charge on any atom is -0.489 e. The van der Waals surface area contributed by atoms with Crippen LogP contribution < -0.4 is 10.1 Å². The molecule has 0 saturated carbocycles. The van der Waals surface area contributed by atoms with Crippen LogP contribution in [0, 0.1) is 5.92 Å². The first-order valence-electron chi connectivity index (χ1n) is 13.3. The summed E-state index contributed by atoms with van der Waals surface area (Å²) in [5.41, 5.74) is 4.47. The predicted octanol–water partition coefficient (Wildman–Crippen LogP) is 7.14. The zero-order valence-electron chi connectivity index (χ0n) is 22.2. The summed E-state index contributed by atoms with van der Waals surface area (Å²) >= 11 is 0. The topological polar surface area (TPSA) is 75.6 Å². The lowest BCUT2D eigenvalue weighted by atomic mass is 9.94. The molecule has 37 heavy (non-hydrogen) atoms. The summed E-state index contributed by atoms with van der Waals surface area (Å²) in [5, 5.41) is 12.5. The van der Waals surface area contributed by atoms with Crippen LogP contribution in [0.5, 0.6) is 5.75 Å². The van der Waals surface area contributed by atoms with E-state index in [0.29, 0.717) is 24.5 Å². The molecule has 0 heterocycles. The van der Waals surface area contributed by atoms with Crippen LogP contribution in [0.4, 0.5) is 0 Å². The van der Waals surface area contributed by atoms with Crippen LogP contribution in [0.15, 0.2) is 72.8 Å². The van der Waals surface area contributed by atoms with Gasteiger partial charge in [0.2, 0.25) is 0 Å². The molecule has 1 atom stereocenters. The lowest BCUT2D eigenvalue weighted by molar-refractivity contribution is -0.136. The molecule has 0 bridgehead atoms. The number of nitrogens with one attached hydrogen (secondary N) is 1. The van der Waals surface area contributed by atoms with Gasteiger partial charge >= 0.3 is 5.97 Å². The molecule has 3 aromatic rings. The normalized spacial score (nSPS) is 11.8. The van der Waals surface area contributed by atoms with E-state index in [9.17, 15) is 14.7 Å². The number of carboxylic acids is 1. The number of para-hydroxylation sites is 1. The van der Waals surface area contributed by atoms with E-state index in [1.807, 2.05) is 48.5 Å². The van der Waals surface area contributed by atoms with Gasteiger partial charge in [-0.15, -0.1) is 0 Å².